The third-order valence-corrected chi connectivity index (χ3v) is 5.20. The molecule has 1 heterocycles. The van der Waals surface area contributed by atoms with Gasteiger partial charge in [-0.3, -0.25) is 0 Å². The minimum atomic E-state index is 0.576. The third kappa shape index (κ3) is 4.37. The Hall–Kier alpha value is -4.31. The zero-order chi connectivity index (χ0) is 23.4. The molecule has 0 spiro atoms. The summed E-state index contributed by atoms with van der Waals surface area (Å²) in [5, 5.41) is 0. The molecule has 1 N–H and O–H groups in total. The van der Waals surface area contributed by atoms with Crippen molar-refractivity contribution in [2.45, 2.75) is 0 Å². The van der Waals surface area contributed by atoms with E-state index in [-0.39, 0.29) is 0 Å². The van der Waals surface area contributed by atoms with Crippen LogP contribution in [-0.4, -0.2) is 45.5 Å². The molecule has 0 radical (unpaired) electrons. The summed E-state index contributed by atoms with van der Waals surface area (Å²) in [5.41, 5.74) is 3.93. The lowest BCUT2D eigenvalue weighted by atomic mass is 10.1. The van der Waals surface area contributed by atoms with Crippen LogP contribution in [0, 0.1) is 11.8 Å². The number of aromatic amines is 1. The molecule has 168 valence electrons. The zero-order valence-electron chi connectivity index (χ0n) is 19.1. The lowest BCUT2D eigenvalue weighted by molar-refractivity contribution is 0.349. The first-order chi connectivity index (χ1) is 16.1. The normalized spacial score (nSPS) is 10.3. The number of benzene rings is 3. The number of rotatable bonds is 6. The van der Waals surface area contributed by atoms with Gasteiger partial charge < -0.3 is 28.7 Å². The molecule has 0 amide bonds. The van der Waals surface area contributed by atoms with E-state index in [9.17, 15) is 0 Å². The van der Waals surface area contributed by atoms with Crippen molar-refractivity contribution < 1.29 is 23.7 Å². The summed E-state index contributed by atoms with van der Waals surface area (Å²) >= 11 is 0. The summed E-state index contributed by atoms with van der Waals surface area (Å²) in [7, 11) is 8.02. The first-order valence-electron chi connectivity index (χ1n) is 10.1. The Balaban J connectivity index is 1.77. The summed E-state index contributed by atoms with van der Waals surface area (Å²) < 4.78 is 27.1. The Morgan fingerprint density at radius 1 is 0.667 bits per heavy atom. The maximum absolute atomic E-state index is 5.57. The molecule has 1 aromatic heterocycles. The van der Waals surface area contributed by atoms with Gasteiger partial charge in [0.15, 0.2) is 11.5 Å². The number of ether oxygens (including phenoxy) is 5. The number of hydrogen-bond acceptors (Lipinski definition) is 6. The molecule has 0 fully saturated rings. The number of hydrogen-bond donors (Lipinski definition) is 1. The van der Waals surface area contributed by atoms with E-state index in [0.717, 1.165) is 33.5 Å². The number of imidazole rings is 1. The molecule has 7 nitrogen and oxygen atoms in total. The summed E-state index contributed by atoms with van der Waals surface area (Å²) in [5.74, 6) is 10.2. The Morgan fingerprint density at radius 2 is 1.33 bits per heavy atom. The van der Waals surface area contributed by atoms with Crippen LogP contribution in [-0.2, 0) is 0 Å². The molecule has 0 unspecified atom stereocenters. The molecule has 4 aromatic rings. The molecule has 33 heavy (non-hydrogen) atoms. The topological polar surface area (TPSA) is 74.8 Å². The van der Waals surface area contributed by atoms with Gasteiger partial charge in [-0.25, -0.2) is 4.98 Å². The van der Waals surface area contributed by atoms with Crippen LogP contribution in [0.5, 0.6) is 28.7 Å². The summed E-state index contributed by atoms with van der Waals surface area (Å²) in [6, 6.07) is 15.0. The van der Waals surface area contributed by atoms with Gasteiger partial charge in [0, 0.05) is 17.7 Å². The van der Waals surface area contributed by atoms with E-state index in [1.807, 2.05) is 42.5 Å². The highest BCUT2D eigenvalue weighted by Crippen LogP contribution is 2.40. The van der Waals surface area contributed by atoms with Crippen LogP contribution in [0.25, 0.3) is 22.4 Å². The molecule has 0 atom stereocenters. The van der Waals surface area contributed by atoms with Crippen molar-refractivity contribution in [3.63, 3.8) is 0 Å². The van der Waals surface area contributed by atoms with Gasteiger partial charge in [0.05, 0.1) is 57.7 Å². The number of H-pyrrole nitrogens is 1. The Morgan fingerprint density at radius 3 is 1.97 bits per heavy atom. The second-order valence-corrected chi connectivity index (χ2v) is 7.04. The molecule has 0 aliphatic carbocycles. The minimum absolute atomic E-state index is 0.576. The van der Waals surface area contributed by atoms with E-state index >= 15 is 0 Å². The number of fused-ring (bicyclic) bond motifs is 1. The van der Waals surface area contributed by atoms with Gasteiger partial charge in [-0.05, 0) is 36.4 Å². The predicted molar refractivity (Wildman–Crippen MR) is 127 cm³/mol. The summed E-state index contributed by atoms with van der Waals surface area (Å²) in [4.78, 5) is 8.09. The van der Waals surface area contributed by atoms with Crippen LogP contribution < -0.4 is 23.7 Å². The maximum Gasteiger partial charge on any atom is 0.164 e. The molecule has 7 heteroatoms. The third-order valence-electron chi connectivity index (χ3n) is 5.20. The smallest absolute Gasteiger partial charge is 0.164 e. The number of methoxy groups -OCH3 is 5. The van der Waals surface area contributed by atoms with E-state index in [0.29, 0.717) is 28.8 Å². The van der Waals surface area contributed by atoms with Crippen molar-refractivity contribution in [3.8, 4) is 52.0 Å². The average molecular weight is 444 g/mol. The van der Waals surface area contributed by atoms with Crippen molar-refractivity contribution in [3.05, 3.63) is 59.7 Å². The molecule has 0 saturated heterocycles. The number of aromatic nitrogens is 2. The van der Waals surface area contributed by atoms with Gasteiger partial charge in [0.25, 0.3) is 0 Å². The van der Waals surface area contributed by atoms with E-state index in [1.165, 1.54) is 0 Å². The van der Waals surface area contributed by atoms with Crippen molar-refractivity contribution >= 4 is 11.0 Å². The van der Waals surface area contributed by atoms with E-state index in [4.69, 9.17) is 28.7 Å². The summed E-state index contributed by atoms with van der Waals surface area (Å²) in [6.07, 6.45) is 0. The zero-order valence-corrected chi connectivity index (χ0v) is 19.1. The fourth-order valence-corrected chi connectivity index (χ4v) is 3.46. The first kappa shape index (κ1) is 21.9. The van der Waals surface area contributed by atoms with Gasteiger partial charge >= 0.3 is 0 Å². The molecule has 0 aliphatic heterocycles. The van der Waals surface area contributed by atoms with Crippen LogP contribution in [0.1, 0.15) is 11.1 Å². The van der Waals surface area contributed by atoms with Gasteiger partial charge in [0.2, 0.25) is 0 Å². The summed E-state index contributed by atoms with van der Waals surface area (Å²) in [6.45, 7) is 0. The highest BCUT2D eigenvalue weighted by molar-refractivity contribution is 5.84. The molecule has 4 rings (SSSR count). The Bertz CT molecular complexity index is 1350. The average Bonchev–Trinajstić information content (AvgIpc) is 3.28. The quantitative estimate of drug-likeness (QED) is 0.436. The first-order valence-corrected chi connectivity index (χ1v) is 10.1. The highest BCUT2D eigenvalue weighted by atomic mass is 16.5. The van der Waals surface area contributed by atoms with Crippen molar-refractivity contribution in [1.29, 1.82) is 0 Å². The minimum Gasteiger partial charge on any atom is -0.497 e. The van der Waals surface area contributed by atoms with Crippen LogP contribution in [0.2, 0.25) is 0 Å². The fraction of sp³-hybridized carbons (Fsp3) is 0.192. The van der Waals surface area contributed by atoms with Gasteiger partial charge in [-0.1, -0.05) is 11.8 Å². The molecule has 3 aromatic carbocycles. The van der Waals surface area contributed by atoms with Crippen LogP contribution in [0.3, 0.4) is 0 Å². The molecular weight excluding hydrogens is 420 g/mol. The maximum atomic E-state index is 5.57. The number of nitrogens with zero attached hydrogens (tertiary/aromatic N) is 1. The second-order valence-electron chi connectivity index (χ2n) is 7.04. The molecule has 0 aliphatic rings. The number of nitrogens with one attached hydrogen (secondary N) is 1. The van der Waals surface area contributed by atoms with E-state index in [2.05, 4.69) is 16.8 Å². The Labute approximate surface area is 192 Å². The van der Waals surface area contributed by atoms with Crippen LogP contribution in [0.4, 0.5) is 0 Å². The second kappa shape index (κ2) is 9.45. The van der Waals surface area contributed by atoms with Crippen LogP contribution in [0.15, 0.2) is 48.5 Å². The molecule has 0 bridgehead atoms. The lowest BCUT2D eigenvalue weighted by Crippen LogP contribution is -1.95. The monoisotopic (exact) mass is 444 g/mol. The largest absolute Gasteiger partial charge is 0.497 e. The fourth-order valence-electron chi connectivity index (χ4n) is 3.46. The Kier molecular flexibility index (Phi) is 6.27. The van der Waals surface area contributed by atoms with Gasteiger partial charge in [-0.2, -0.15) is 0 Å². The molecular formula is C26H24N2O5. The SMILES string of the molecule is COc1ccc(C#Cc2cc3[nH]c(-c4cc(OC)c(OC)cc4OC)nc3cc2OC)cc1. The highest BCUT2D eigenvalue weighted by Gasteiger charge is 2.17. The van der Waals surface area contributed by atoms with Gasteiger partial charge in [-0.15, -0.1) is 0 Å². The van der Waals surface area contributed by atoms with E-state index in [1.54, 1.807) is 41.6 Å². The van der Waals surface area contributed by atoms with E-state index < -0.39 is 0 Å². The van der Waals surface area contributed by atoms with Crippen LogP contribution >= 0.6 is 0 Å². The van der Waals surface area contributed by atoms with Crippen molar-refractivity contribution in [1.82, 2.24) is 9.97 Å². The van der Waals surface area contributed by atoms with Crippen molar-refractivity contribution in [2.75, 3.05) is 35.5 Å². The van der Waals surface area contributed by atoms with Crippen molar-refractivity contribution in [2.24, 2.45) is 0 Å². The predicted octanol–water partition coefficient (Wildman–Crippen LogP) is 4.67. The standard InChI is InChI=1S/C26H24N2O5/c1-29-18-10-7-16(8-11-18)6-9-17-12-20-21(14-22(17)30-2)28-26(27-20)19-13-24(32-4)25(33-5)15-23(19)31-3/h7-8,10-15H,1-5H3,(H,27,28). The van der Waals surface area contributed by atoms with Gasteiger partial charge in [0.1, 0.15) is 23.1 Å². The lowest BCUT2D eigenvalue weighted by Gasteiger charge is -2.12. The molecule has 0 saturated carbocycles.